The molecule has 13 nitrogen and oxygen atoms in total. The van der Waals surface area contributed by atoms with Crippen molar-refractivity contribution in [1.29, 1.82) is 0 Å². The van der Waals surface area contributed by atoms with Crippen molar-refractivity contribution in [1.82, 2.24) is 20.5 Å². The van der Waals surface area contributed by atoms with Gasteiger partial charge < -0.3 is 40.0 Å². The van der Waals surface area contributed by atoms with Crippen molar-refractivity contribution in [3.8, 4) is 11.5 Å². The Labute approximate surface area is 297 Å². The number of alkyl carbamates (subject to hydrolysis) is 1. The molecule has 4 aliphatic rings. The zero-order valence-corrected chi connectivity index (χ0v) is 29.3. The van der Waals surface area contributed by atoms with Crippen molar-refractivity contribution >= 4 is 34.8 Å². The summed E-state index contributed by atoms with van der Waals surface area (Å²) in [5, 5.41) is 27.2. The Morgan fingerprint density at radius 1 is 1.12 bits per heavy atom. The number of ether oxygens (including phenoxy) is 3. The molecule has 2 aromatic rings. The molecule has 1 unspecified atom stereocenters. The second-order valence-electron chi connectivity index (χ2n) is 15.1. The summed E-state index contributed by atoms with van der Waals surface area (Å²) in [4.78, 5) is 59.0. The van der Waals surface area contributed by atoms with Gasteiger partial charge in [0.05, 0.1) is 25.3 Å². The number of carboxylic acids is 1. The van der Waals surface area contributed by atoms with Crippen molar-refractivity contribution < 1.29 is 56.8 Å². The molecule has 282 valence electrons. The lowest BCUT2D eigenvalue weighted by Gasteiger charge is -2.39. The number of methoxy groups -OCH3 is 1. The van der Waals surface area contributed by atoms with Gasteiger partial charge in [-0.3, -0.25) is 9.59 Å². The topological polar surface area (TPSA) is 177 Å². The molecule has 16 heteroatoms. The van der Waals surface area contributed by atoms with Crippen LogP contribution in [0.25, 0.3) is 10.9 Å². The molecule has 3 amide bonds. The van der Waals surface area contributed by atoms with Gasteiger partial charge in [0.25, 0.3) is 0 Å². The minimum Gasteiger partial charge on any atom is -0.497 e. The van der Waals surface area contributed by atoms with E-state index in [4.69, 9.17) is 14.2 Å². The predicted molar refractivity (Wildman–Crippen MR) is 178 cm³/mol. The van der Waals surface area contributed by atoms with Gasteiger partial charge in [-0.05, 0) is 64.7 Å². The van der Waals surface area contributed by atoms with Crippen LogP contribution in [0.5, 0.6) is 11.5 Å². The molecule has 1 saturated heterocycles. The largest absolute Gasteiger partial charge is 0.497 e. The van der Waals surface area contributed by atoms with Crippen LogP contribution >= 0.6 is 0 Å². The number of pyridine rings is 1. The second kappa shape index (κ2) is 13.4. The van der Waals surface area contributed by atoms with Crippen molar-refractivity contribution in [2.75, 3.05) is 13.7 Å². The first-order chi connectivity index (χ1) is 24.4. The Morgan fingerprint density at radius 2 is 1.87 bits per heavy atom. The summed E-state index contributed by atoms with van der Waals surface area (Å²) in [6.45, 7) is 4.50. The molecule has 1 aromatic carbocycles. The van der Waals surface area contributed by atoms with E-state index in [1.54, 1.807) is 26.8 Å². The number of carbonyl (C=O) groups is 4. The highest BCUT2D eigenvalue weighted by atomic mass is 19.4. The Kier molecular flexibility index (Phi) is 9.60. The van der Waals surface area contributed by atoms with Crippen LogP contribution in [-0.2, 0) is 25.3 Å². The van der Waals surface area contributed by atoms with Gasteiger partial charge in [-0.15, -0.1) is 0 Å². The van der Waals surface area contributed by atoms with Crippen LogP contribution < -0.4 is 20.1 Å². The molecule has 0 radical (unpaired) electrons. The fourth-order valence-electron chi connectivity index (χ4n) is 7.57. The summed E-state index contributed by atoms with van der Waals surface area (Å²) in [6, 6.07) is 1.59. The van der Waals surface area contributed by atoms with Gasteiger partial charge in [0.2, 0.25) is 11.8 Å². The Bertz CT molecular complexity index is 1810. The first kappa shape index (κ1) is 37.2. The quantitative estimate of drug-likeness (QED) is 0.321. The van der Waals surface area contributed by atoms with Crippen LogP contribution in [0.1, 0.15) is 89.5 Å². The Balaban J connectivity index is 1.42. The van der Waals surface area contributed by atoms with Crippen molar-refractivity contribution in [2.24, 2.45) is 5.92 Å². The second-order valence-corrected chi connectivity index (χ2v) is 15.1. The number of carboxylic acid groups (broad SMARTS) is 1. The molecule has 52 heavy (non-hydrogen) atoms. The van der Waals surface area contributed by atoms with Gasteiger partial charge in [0.15, 0.2) is 11.4 Å². The Morgan fingerprint density at radius 3 is 2.54 bits per heavy atom. The van der Waals surface area contributed by atoms with E-state index in [0.717, 1.165) is 11.3 Å². The predicted octanol–water partition coefficient (Wildman–Crippen LogP) is 4.79. The summed E-state index contributed by atoms with van der Waals surface area (Å²) in [5.41, 5.74) is -5.88. The number of hydrogen-bond acceptors (Lipinski definition) is 9. The molecule has 2 fully saturated rings. The molecular weight excluding hydrogens is 689 g/mol. The number of benzene rings is 1. The number of fused-ring (bicyclic) bond motifs is 5. The number of amides is 3. The lowest BCUT2D eigenvalue weighted by molar-refractivity contribution is -0.146. The number of aliphatic hydroxyl groups is 1. The van der Waals surface area contributed by atoms with E-state index >= 15 is 0 Å². The van der Waals surface area contributed by atoms with Gasteiger partial charge in [-0.2, -0.15) is 13.2 Å². The van der Waals surface area contributed by atoms with E-state index in [2.05, 4.69) is 15.6 Å². The lowest BCUT2D eigenvalue weighted by atomic mass is 9.85. The third kappa shape index (κ3) is 7.21. The fourth-order valence-corrected chi connectivity index (χ4v) is 7.57. The maximum Gasteiger partial charge on any atom is 0.437 e. The van der Waals surface area contributed by atoms with Crippen molar-refractivity contribution in [3.63, 3.8) is 0 Å². The molecule has 0 bridgehead atoms. The molecule has 6 rings (SSSR count). The molecule has 1 aliphatic carbocycles. The molecular formula is C36H43F3N4O9. The number of aromatic nitrogens is 1. The fraction of sp³-hybridized carbons (Fsp3) is 0.583. The number of hydrogen-bond donors (Lipinski definition) is 4. The highest BCUT2D eigenvalue weighted by molar-refractivity contribution is 5.96. The van der Waals surface area contributed by atoms with E-state index in [-0.39, 0.29) is 42.1 Å². The van der Waals surface area contributed by atoms with Crippen LogP contribution in [0, 0.1) is 5.92 Å². The van der Waals surface area contributed by atoms with Gasteiger partial charge >= 0.3 is 18.2 Å². The van der Waals surface area contributed by atoms with Crippen LogP contribution in [0.4, 0.5) is 18.0 Å². The van der Waals surface area contributed by atoms with E-state index < -0.39 is 88.9 Å². The lowest BCUT2D eigenvalue weighted by Crippen LogP contribution is -2.56. The maximum absolute atomic E-state index is 14.6. The molecule has 1 aromatic heterocycles. The zero-order chi connectivity index (χ0) is 37.8. The molecule has 4 heterocycles. The summed E-state index contributed by atoms with van der Waals surface area (Å²) in [6.07, 6.45) is -1.74. The molecule has 4 N–H and O–H groups in total. The van der Waals surface area contributed by atoms with E-state index in [0.29, 0.717) is 25.0 Å². The average molecular weight is 733 g/mol. The molecule has 1 spiro atoms. The number of halogens is 3. The van der Waals surface area contributed by atoms with Gasteiger partial charge in [0.1, 0.15) is 34.6 Å². The Hall–Kier alpha value is -4.60. The number of allylic oxidation sites excluding steroid dienone is 1. The number of alkyl halides is 3. The summed E-state index contributed by atoms with van der Waals surface area (Å²) >= 11 is 0. The van der Waals surface area contributed by atoms with Gasteiger partial charge in [0, 0.05) is 29.7 Å². The SMILES string of the molecule is COc1ccc2nc(C(F)(F)F)c3c(c2c1)C(O)C[C@]1(C[C@H]2C(=O)N[C@]4(C(=O)O)C[C@H]4/C=C\CCCCC[C@H](NC(=O)OC(C)(C)C)C(=O)N2C1)O3. The number of aliphatic carboxylic acids is 1. The zero-order valence-electron chi connectivity index (χ0n) is 29.3. The first-order valence-corrected chi connectivity index (χ1v) is 17.3. The first-order valence-electron chi connectivity index (χ1n) is 17.3. The average Bonchev–Trinajstić information content (AvgIpc) is 3.63. The smallest absolute Gasteiger partial charge is 0.437 e. The normalized spacial score (nSPS) is 30.1. The summed E-state index contributed by atoms with van der Waals surface area (Å²) in [7, 11) is 1.38. The van der Waals surface area contributed by atoms with E-state index in [9.17, 15) is 42.6 Å². The number of rotatable bonds is 3. The number of aliphatic hydroxyl groups excluding tert-OH is 1. The number of nitrogens with one attached hydrogen (secondary N) is 2. The molecule has 1 saturated carbocycles. The number of nitrogens with zero attached hydrogens (tertiary/aromatic N) is 2. The van der Waals surface area contributed by atoms with Crippen LogP contribution in [0.2, 0.25) is 0 Å². The van der Waals surface area contributed by atoms with Gasteiger partial charge in [-0.25, -0.2) is 14.6 Å². The third-order valence-electron chi connectivity index (χ3n) is 10.1. The van der Waals surface area contributed by atoms with Crippen LogP contribution in [-0.4, -0.2) is 86.5 Å². The highest BCUT2D eigenvalue weighted by Gasteiger charge is 2.63. The minimum absolute atomic E-state index is 0.0535. The van der Waals surface area contributed by atoms with Crippen molar-refractivity contribution in [3.05, 3.63) is 41.6 Å². The van der Waals surface area contributed by atoms with Crippen LogP contribution in [0.15, 0.2) is 30.4 Å². The third-order valence-corrected chi connectivity index (χ3v) is 10.1. The maximum atomic E-state index is 14.6. The monoisotopic (exact) mass is 732 g/mol. The van der Waals surface area contributed by atoms with Crippen molar-refractivity contribution in [2.45, 2.75) is 113 Å². The molecule has 6 atom stereocenters. The summed E-state index contributed by atoms with van der Waals surface area (Å²) < 4.78 is 60.7. The standard InChI is InChI=1S/C36H43F3N4O9/c1-33(2,3)52-32(49)41-23-11-9-7-5-6-8-10-19-15-35(19,31(47)48)42-29(45)24-16-34(18-43(24)30(23)46)17-25(44)26-21-14-20(50-4)12-13-22(21)40-28(27(26)51-34)36(37,38)39/h8,10,12-14,19,23-25,44H,5-7,9,11,15-18H2,1-4H3,(H,41,49)(H,42,45)(H,47,48)/b10-8-/t19-,23+,24+,25?,34+,35-/m1/s1. The highest BCUT2D eigenvalue weighted by Crippen LogP contribution is 2.52. The number of carbonyl (C=O) groups excluding carboxylic acids is 3. The van der Waals surface area contributed by atoms with E-state index in [1.165, 1.54) is 25.3 Å². The molecule has 3 aliphatic heterocycles. The van der Waals surface area contributed by atoms with Crippen LogP contribution in [0.3, 0.4) is 0 Å². The summed E-state index contributed by atoms with van der Waals surface area (Å²) in [5.74, 6) is -3.78. The van der Waals surface area contributed by atoms with Gasteiger partial charge in [-0.1, -0.05) is 25.0 Å². The van der Waals surface area contributed by atoms with E-state index in [1.807, 2.05) is 6.08 Å². The minimum atomic E-state index is -5.02.